The molecular weight excluding hydrogens is 526 g/mol. The molecule has 38 heavy (non-hydrogen) atoms. The Balaban J connectivity index is 1.45. The van der Waals surface area contributed by atoms with Gasteiger partial charge in [0.25, 0.3) is 0 Å². The molecule has 4 aliphatic rings. The standard InChI is InChI=1S/C36H44BrN/c1-34(2,3)27-7-11-31(12-8-27)38(32-13-9-28(10-14-32)35(4,5)6)33-19-29(18-30(37)20-33)36-21-24-15-25(22-36)17-26(16-24)23-36/h7-14,18-20,24-26H,15-17,21-23H2,1-6H3. The van der Waals surface area contributed by atoms with Gasteiger partial charge in [-0.1, -0.05) is 81.7 Å². The molecule has 200 valence electrons. The summed E-state index contributed by atoms with van der Waals surface area (Å²) in [5, 5.41) is 0. The minimum atomic E-state index is 0.138. The molecule has 0 saturated heterocycles. The first-order valence-electron chi connectivity index (χ1n) is 14.7. The number of rotatable bonds is 4. The monoisotopic (exact) mass is 569 g/mol. The Morgan fingerprint density at radius 3 is 1.42 bits per heavy atom. The Labute approximate surface area is 239 Å². The van der Waals surface area contributed by atoms with Gasteiger partial charge in [0.15, 0.2) is 0 Å². The van der Waals surface area contributed by atoms with Crippen LogP contribution in [0.3, 0.4) is 0 Å². The molecule has 1 nitrogen and oxygen atoms in total. The fourth-order valence-corrected chi connectivity index (χ4v) is 8.62. The van der Waals surface area contributed by atoms with Gasteiger partial charge < -0.3 is 4.90 Å². The number of anilines is 3. The zero-order chi connectivity index (χ0) is 26.9. The zero-order valence-electron chi connectivity index (χ0n) is 24.2. The topological polar surface area (TPSA) is 3.24 Å². The molecule has 0 aliphatic heterocycles. The third-order valence-electron chi connectivity index (χ3n) is 9.77. The van der Waals surface area contributed by atoms with Crippen LogP contribution < -0.4 is 4.90 Å². The van der Waals surface area contributed by atoms with E-state index in [1.54, 1.807) is 5.56 Å². The van der Waals surface area contributed by atoms with Gasteiger partial charge in [0.2, 0.25) is 0 Å². The molecule has 3 aromatic carbocycles. The molecule has 0 N–H and O–H groups in total. The second-order valence-corrected chi connectivity index (χ2v) is 15.7. The zero-order valence-corrected chi connectivity index (χ0v) is 25.7. The van der Waals surface area contributed by atoms with Crippen molar-refractivity contribution in [2.45, 2.75) is 96.3 Å². The lowest BCUT2D eigenvalue weighted by Crippen LogP contribution is -2.48. The molecule has 0 atom stereocenters. The van der Waals surface area contributed by atoms with E-state index in [4.69, 9.17) is 0 Å². The van der Waals surface area contributed by atoms with Gasteiger partial charge in [-0.25, -0.2) is 0 Å². The summed E-state index contributed by atoms with van der Waals surface area (Å²) in [4.78, 5) is 2.47. The van der Waals surface area contributed by atoms with E-state index in [0.29, 0.717) is 5.41 Å². The number of halogens is 1. The van der Waals surface area contributed by atoms with Crippen molar-refractivity contribution in [3.05, 3.63) is 87.9 Å². The van der Waals surface area contributed by atoms with E-state index in [9.17, 15) is 0 Å². The smallest absolute Gasteiger partial charge is 0.0475 e. The summed E-state index contributed by atoms with van der Waals surface area (Å²) in [6.45, 7) is 13.7. The Hall–Kier alpha value is -2.06. The fourth-order valence-electron chi connectivity index (χ4n) is 8.14. The highest BCUT2D eigenvalue weighted by molar-refractivity contribution is 9.10. The Bertz CT molecular complexity index is 1210. The van der Waals surface area contributed by atoms with Crippen LogP contribution in [0.25, 0.3) is 0 Å². The summed E-state index contributed by atoms with van der Waals surface area (Å²) in [7, 11) is 0. The molecule has 3 aromatic rings. The van der Waals surface area contributed by atoms with Gasteiger partial charge in [0, 0.05) is 21.5 Å². The van der Waals surface area contributed by atoms with E-state index >= 15 is 0 Å². The van der Waals surface area contributed by atoms with Crippen LogP contribution in [0.1, 0.15) is 96.8 Å². The molecule has 0 radical (unpaired) electrons. The highest BCUT2D eigenvalue weighted by Crippen LogP contribution is 2.61. The summed E-state index contributed by atoms with van der Waals surface area (Å²) < 4.78 is 1.20. The number of hydrogen-bond acceptors (Lipinski definition) is 1. The third-order valence-corrected chi connectivity index (χ3v) is 10.2. The molecule has 4 bridgehead atoms. The highest BCUT2D eigenvalue weighted by Gasteiger charge is 2.51. The lowest BCUT2D eigenvalue weighted by Gasteiger charge is -2.57. The van der Waals surface area contributed by atoms with Crippen molar-refractivity contribution in [3.8, 4) is 0 Å². The van der Waals surface area contributed by atoms with Crippen molar-refractivity contribution >= 4 is 33.0 Å². The van der Waals surface area contributed by atoms with Crippen molar-refractivity contribution in [3.63, 3.8) is 0 Å². The Morgan fingerprint density at radius 2 is 1.03 bits per heavy atom. The maximum Gasteiger partial charge on any atom is 0.0475 e. The van der Waals surface area contributed by atoms with Gasteiger partial charge in [0.05, 0.1) is 0 Å². The number of hydrogen-bond donors (Lipinski definition) is 0. The first-order chi connectivity index (χ1) is 17.9. The van der Waals surface area contributed by atoms with E-state index in [1.807, 2.05) is 0 Å². The molecule has 4 aliphatic carbocycles. The predicted molar refractivity (Wildman–Crippen MR) is 166 cm³/mol. The molecule has 4 saturated carbocycles. The predicted octanol–water partition coefficient (Wildman–Crippen LogP) is 11.0. The minimum Gasteiger partial charge on any atom is -0.310 e. The number of benzene rings is 3. The lowest BCUT2D eigenvalue weighted by molar-refractivity contribution is -0.00519. The van der Waals surface area contributed by atoms with Crippen molar-refractivity contribution < 1.29 is 0 Å². The molecule has 0 heterocycles. The second kappa shape index (κ2) is 9.26. The van der Waals surface area contributed by atoms with Gasteiger partial charge in [0.1, 0.15) is 0 Å². The van der Waals surface area contributed by atoms with Crippen LogP contribution in [0.15, 0.2) is 71.2 Å². The van der Waals surface area contributed by atoms with Crippen LogP contribution in [0.2, 0.25) is 0 Å². The van der Waals surface area contributed by atoms with Crippen LogP contribution in [-0.4, -0.2) is 0 Å². The summed E-state index contributed by atoms with van der Waals surface area (Å²) in [6.07, 6.45) is 8.59. The highest BCUT2D eigenvalue weighted by atomic mass is 79.9. The second-order valence-electron chi connectivity index (χ2n) is 14.8. The van der Waals surface area contributed by atoms with Crippen molar-refractivity contribution in [2.75, 3.05) is 4.90 Å². The summed E-state index contributed by atoms with van der Waals surface area (Å²) in [5.74, 6) is 2.82. The van der Waals surface area contributed by atoms with Crippen LogP contribution >= 0.6 is 15.9 Å². The van der Waals surface area contributed by atoms with Crippen molar-refractivity contribution in [2.24, 2.45) is 17.8 Å². The van der Waals surface area contributed by atoms with Crippen LogP contribution in [0.5, 0.6) is 0 Å². The number of nitrogens with zero attached hydrogens (tertiary/aromatic N) is 1. The quantitative estimate of drug-likeness (QED) is 0.302. The van der Waals surface area contributed by atoms with Crippen LogP contribution in [0.4, 0.5) is 17.1 Å². The SMILES string of the molecule is CC(C)(C)c1ccc(N(c2ccc(C(C)(C)C)cc2)c2cc(Br)cc(C34CC5CC(CC(C5)C3)C4)c2)cc1. The fraction of sp³-hybridized carbons (Fsp3) is 0.500. The summed E-state index contributed by atoms with van der Waals surface area (Å²) >= 11 is 3.95. The van der Waals surface area contributed by atoms with E-state index in [-0.39, 0.29) is 10.8 Å². The minimum absolute atomic E-state index is 0.138. The molecule has 0 aromatic heterocycles. The molecule has 0 unspecified atom stereocenters. The molecule has 0 amide bonds. The lowest BCUT2D eigenvalue weighted by atomic mass is 9.48. The average molecular weight is 571 g/mol. The maximum absolute atomic E-state index is 3.95. The Kier molecular flexibility index (Phi) is 6.38. The summed E-state index contributed by atoms with van der Waals surface area (Å²) in [6, 6.07) is 25.8. The van der Waals surface area contributed by atoms with E-state index in [1.165, 1.54) is 71.2 Å². The normalized spacial score (nSPS) is 26.6. The van der Waals surface area contributed by atoms with Crippen molar-refractivity contribution in [1.29, 1.82) is 0 Å². The van der Waals surface area contributed by atoms with Crippen LogP contribution in [-0.2, 0) is 16.2 Å². The first kappa shape index (κ1) is 26.2. The van der Waals surface area contributed by atoms with Gasteiger partial charge >= 0.3 is 0 Å². The van der Waals surface area contributed by atoms with Gasteiger partial charge in [-0.3, -0.25) is 0 Å². The Morgan fingerprint density at radius 1 is 0.605 bits per heavy atom. The average Bonchev–Trinajstić information content (AvgIpc) is 2.83. The van der Waals surface area contributed by atoms with Gasteiger partial charge in [-0.2, -0.15) is 0 Å². The molecule has 7 rings (SSSR count). The van der Waals surface area contributed by atoms with Crippen LogP contribution in [0, 0.1) is 17.8 Å². The van der Waals surface area contributed by atoms with Gasteiger partial charge in [-0.15, -0.1) is 0 Å². The van der Waals surface area contributed by atoms with Crippen molar-refractivity contribution in [1.82, 2.24) is 0 Å². The van der Waals surface area contributed by atoms with E-state index in [0.717, 1.165) is 17.8 Å². The first-order valence-corrected chi connectivity index (χ1v) is 15.5. The molecule has 0 spiro atoms. The van der Waals surface area contributed by atoms with E-state index < -0.39 is 0 Å². The van der Waals surface area contributed by atoms with E-state index in [2.05, 4.69) is 129 Å². The molecular formula is C36H44BrN. The summed E-state index contributed by atoms with van der Waals surface area (Å²) in [5.41, 5.74) is 8.64. The molecule has 2 heteroatoms. The van der Waals surface area contributed by atoms with Gasteiger partial charge in [-0.05, 0) is 132 Å². The molecule has 4 fully saturated rings. The largest absolute Gasteiger partial charge is 0.310 e. The third kappa shape index (κ3) is 4.87. The maximum atomic E-state index is 3.95.